The highest BCUT2D eigenvalue weighted by Crippen LogP contribution is 2.17. The van der Waals surface area contributed by atoms with Crippen molar-refractivity contribution in [1.82, 2.24) is 9.21 Å². The number of carbonyl (C=O) groups is 3. The quantitative estimate of drug-likeness (QED) is 0.415. The van der Waals surface area contributed by atoms with Crippen LogP contribution in [-0.2, 0) is 30.9 Å². The summed E-state index contributed by atoms with van der Waals surface area (Å²) < 4.78 is 31.2. The number of amides is 1. The van der Waals surface area contributed by atoms with Gasteiger partial charge in [-0.25, -0.2) is 8.42 Å². The molecular weight excluding hydrogens is 444 g/mol. The minimum atomic E-state index is -3.98. The van der Waals surface area contributed by atoms with Crippen molar-refractivity contribution in [3.8, 4) is 0 Å². The minimum absolute atomic E-state index is 0.0509. The third kappa shape index (κ3) is 6.61. The molecule has 8 nitrogen and oxygen atoms in total. The van der Waals surface area contributed by atoms with Crippen LogP contribution in [0.3, 0.4) is 0 Å². The number of benzene rings is 2. The fourth-order valence-corrected chi connectivity index (χ4v) is 3.93. The number of ether oxygens (including phenoxy) is 1. The smallest absolute Gasteiger partial charge is 0.325 e. The molecule has 0 aromatic heterocycles. The molecule has 0 fully saturated rings. The van der Waals surface area contributed by atoms with E-state index in [2.05, 4.69) is 4.74 Å². The van der Waals surface area contributed by atoms with Gasteiger partial charge in [0.1, 0.15) is 6.54 Å². The lowest BCUT2D eigenvalue weighted by Gasteiger charge is -2.24. The highest BCUT2D eigenvalue weighted by molar-refractivity contribution is 7.89. The Hall–Kier alpha value is -2.75. The Bertz CT molecular complexity index is 1050. The van der Waals surface area contributed by atoms with Crippen LogP contribution in [0.2, 0.25) is 5.02 Å². The summed E-state index contributed by atoms with van der Waals surface area (Å²) in [5.74, 6) is -1.40. The Morgan fingerprint density at radius 1 is 0.968 bits per heavy atom. The van der Waals surface area contributed by atoms with E-state index in [1.165, 1.54) is 50.2 Å². The van der Waals surface area contributed by atoms with E-state index in [9.17, 15) is 22.8 Å². The van der Waals surface area contributed by atoms with E-state index in [4.69, 9.17) is 11.6 Å². The standard InChI is InChI=1S/C21H23ClN2O6S/c1-15(25)17-6-10-19(11-7-17)31(28,29)23(2)13-20(26)24(14-21(27)30-3)12-16-4-8-18(22)9-5-16/h4-11H,12-14H2,1-3H3. The Kier molecular flexibility index (Phi) is 8.32. The van der Waals surface area contributed by atoms with Crippen molar-refractivity contribution in [1.29, 1.82) is 0 Å². The van der Waals surface area contributed by atoms with Crippen LogP contribution in [-0.4, -0.2) is 62.5 Å². The van der Waals surface area contributed by atoms with Crippen LogP contribution in [0.25, 0.3) is 0 Å². The van der Waals surface area contributed by atoms with Gasteiger partial charge in [0.15, 0.2) is 5.78 Å². The van der Waals surface area contributed by atoms with Gasteiger partial charge >= 0.3 is 5.97 Å². The van der Waals surface area contributed by atoms with E-state index in [0.717, 1.165) is 4.31 Å². The number of esters is 1. The van der Waals surface area contributed by atoms with Crippen molar-refractivity contribution in [2.45, 2.75) is 18.4 Å². The molecule has 0 bridgehead atoms. The fraction of sp³-hybridized carbons (Fsp3) is 0.286. The molecule has 0 saturated heterocycles. The van der Waals surface area contributed by atoms with Crippen molar-refractivity contribution in [3.05, 3.63) is 64.7 Å². The number of ketones is 1. The highest BCUT2D eigenvalue weighted by atomic mass is 35.5. The Labute approximate surface area is 186 Å². The second-order valence-electron chi connectivity index (χ2n) is 6.79. The van der Waals surface area contributed by atoms with Gasteiger partial charge in [0.05, 0.1) is 18.6 Å². The summed E-state index contributed by atoms with van der Waals surface area (Å²) in [5, 5.41) is 0.524. The predicted octanol–water partition coefficient (Wildman–Crippen LogP) is 2.36. The first-order valence-electron chi connectivity index (χ1n) is 9.21. The third-order valence-electron chi connectivity index (χ3n) is 4.51. The van der Waals surface area contributed by atoms with Gasteiger partial charge in [-0.05, 0) is 36.8 Å². The van der Waals surface area contributed by atoms with Crippen molar-refractivity contribution in [2.24, 2.45) is 0 Å². The molecule has 2 aromatic rings. The lowest BCUT2D eigenvalue weighted by Crippen LogP contribution is -2.43. The molecule has 1 amide bonds. The van der Waals surface area contributed by atoms with Crippen LogP contribution >= 0.6 is 11.6 Å². The van der Waals surface area contributed by atoms with Gasteiger partial charge in [-0.3, -0.25) is 14.4 Å². The maximum Gasteiger partial charge on any atom is 0.325 e. The molecule has 0 saturated carbocycles. The molecule has 0 aliphatic carbocycles. The number of carbonyl (C=O) groups excluding carboxylic acids is 3. The molecule has 166 valence electrons. The van der Waals surface area contributed by atoms with Crippen LogP contribution in [0.4, 0.5) is 0 Å². The first-order valence-corrected chi connectivity index (χ1v) is 11.0. The number of methoxy groups -OCH3 is 1. The number of hydrogen-bond donors (Lipinski definition) is 0. The third-order valence-corrected chi connectivity index (χ3v) is 6.58. The Morgan fingerprint density at radius 2 is 1.55 bits per heavy atom. The van der Waals surface area contributed by atoms with E-state index >= 15 is 0 Å². The zero-order chi connectivity index (χ0) is 23.2. The van der Waals surface area contributed by atoms with Gasteiger partial charge in [-0.2, -0.15) is 4.31 Å². The first-order chi connectivity index (χ1) is 14.5. The summed E-state index contributed by atoms with van der Waals surface area (Å²) in [4.78, 5) is 37.1. The summed E-state index contributed by atoms with van der Waals surface area (Å²) >= 11 is 5.88. The van der Waals surface area contributed by atoms with Crippen molar-refractivity contribution >= 4 is 39.3 Å². The molecule has 2 aromatic carbocycles. The predicted molar refractivity (Wildman–Crippen MR) is 115 cm³/mol. The van der Waals surface area contributed by atoms with Gasteiger partial charge in [0.2, 0.25) is 15.9 Å². The molecule has 0 aliphatic rings. The van der Waals surface area contributed by atoms with Gasteiger partial charge in [0.25, 0.3) is 0 Å². The van der Waals surface area contributed by atoms with Gasteiger partial charge < -0.3 is 9.64 Å². The zero-order valence-corrected chi connectivity index (χ0v) is 18.9. The SMILES string of the molecule is COC(=O)CN(Cc1ccc(Cl)cc1)C(=O)CN(C)S(=O)(=O)c1ccc(C(C)=O)cc1. The molecule has 0 N–H and O–H groups in total. The fourth-order valence-electron chi connectivity index (χ4n) is 2.68. The zero-order valence-electron chi connectivity index (χ0n) is 17.4. The van der Waals surface area contributed by atoms with E-state index < -0.39 is 28.4 Å². The number of likely N-dealkylation sites (N-methyl/N-ethyl adjacent to an activating group) is 1. The largest absolute Gasteiger partial charge is 0.468 e. The van der Waals surface area contributed by atoms with E-state index in [1.54, 1.807) is 24.3 Å². The van der Waals surface area contributed by atoms with E-state index in [-0.39, 0.29) is 23.8 Å². The molecule has 0 heterocycles. The summed E-state index contributed by atoms with van der Waals surface area (Å²) in [6.45, 7) is 0.637. The average molecular weight is 467 g/mol. The number of rotatable bonds is 9. The molecule has 0 spiro atoms. The maximum absolute atomic E-state index is 12.8. The molecule has 0 atom stereocenters. The van der Waals surface area contributed by atoms with Crippen molar-refractivity contribution in [2.75, 3.05) is 27.2 Å². The number of nitrogens with zero attached hydrogens (tertiary/aromatic N) is 2. The maximum atomic E-state index is 12.8. The summed E-state index contributed by atoms with van der Waals surface area (Å²) in [6.07, 6.45) is 0. The molecule has 10 heteroatoms. The number of hydrogen-bond acceptors (Lipinski definition) is 6. The molecule has 2 rings (SSSR count). The average Bonchev–Trinajstić information content (AvgIpc) is 2.74. The van der Waals surface area contributed by atoms with Crippen LogP contribution < -0.4 is 0 Å². The van der Waals surface area contributed by atoms with Gasteiger partial charge in [0, 0.05) is 24.2 Å². The number of Topliss-reactive ketones (excluding diaryl/α,β-unsaturated/α-hetero) is 1. The van der Waals surface area contributed by atoms with Crippen LogP contribution in [0.5, 0.6) is 0 Å². The van der Waals surface area contributed by atoms with Gasteiger partial charge in [-0.15, -0.1) is 0 Å². The lowest BCUT2D eigenvalue weighted by molar-refractivity contribution is -0.147. The summed E-state index contributed by atoms with van der Waals surface area (Å²) in [5.41, 5.74) is 1.09. The molecule has 0 radical (unpaired) electrons. The first kappa shape index (κ1) is 24.5. The number of sulfonamides is 1. The molecule has 31 heavy (non-hydrogen) atoms. The monoisotopic (exact) mass is 466 g/mol. The van der Waals surface area contributed by atoms with Crippen molar-refractivity contribution < 1.29 is 27.5 Å². The van der Waals surface area contributed by atoms with Crippen LogP contribution in [0.15, 0.2) is 53.4 Å². The molecule has 0 aliphatic heterocycles. The lowest BCUT2D eigenvalue weighted by atomic mass is 10.2. The van der Waals surface area contributed by atoms with E-state index in [0.29, 0.717) is 16.1 Å². The summed E-state index contributed by atoms with van der Waals surface area (Å²) in [6, 6.07) is 12.2. The highest BCUT2D eigenvalue weighted by Gasteiger charge is 2.26. The normalized spacial score (nSPS) is 11.3. The number of halogens is 1. The van der Waals surface area contributed by atoms with Crippen molar-refractivity contribution in [3.63, 3.8) is 0 Å². The Morgan fingerprint density at radius 3 is 2.06 bits per heavy atom. The second-order valence-corrected chi connectivity index (χ2v) is 9.28. The van der Waals surface area contributed by atoms with E-state index in [1.807, 2.05) is 0 Å². The second kappa shape index (κ2) is 10.5. The summed E-state index contributed by atoms with van der Waals surface area (Å²) in [7, 11) is -1.51. The topological polar surface area (TPSA) is 101 Å². The molecular formula is C21H23ClN2O6S. The minimum Gasteiger partial charge on any atom is -0.468 e. The Balaban J connectivity index is 2.18. The van der Waals surface area contributed by atoms with Crippen LogP contribution in [0.1, 0.15) is 22.8 Å². The van der Waals surface area contributed by atoms with Crippen LogP contribution in [0, 0.1) is 0 Å². The van der Waals surface area contributed by atoms with Gasteiger partial charge in [-0.1, -0.05) is 35.9 Å². The molecule has 0 unspecified atom stereocenters.